The normalized spacial score (nSPS) is 16.6. The van der Waals surface area contributed by atoms with Crippen LogP contribution < -0.4 is 20.1 Å². The molecular formula is C13H21N3O2. The molecule has 2 N–H and O–H groups in total. The average Bonchev–Trinajstić information content (AvgIpc) is 2.45. The molecule has 1 aromatic rings. The number of nitrogens with one attached hydrogen (secondary N) is 2. The van der Waals surface area contributed by atoms with Gasteiger partial charge < -0.3 is 20.1 Å². The lowest BCUT2D eigenvalue weighted by Gasteiger charge is -2.23. The maximum absolute atomic E-state index is 5.27. The van der Waals surface area contributed by atoms with Gasteiger partial charge in [-0.3, -0.25) is 4.98 Å². The highest BCUT2D eigenvalue weighted by atomic mass is 16.5. The van der Waals surface area contributed by atoms with Crippen molar-refractivity contribution in [2.45, 2.75) is 25.4 Å². The van der Waals surface area contributed by atoms with E-state index >= 15 is 0 Å². The third-order valence-corrected chi connectivity index (χ3v) is 3.24. The first-order valence-electron chi connectivity index (χ1n) is 6.34. The Bertz CT molecular complexity index is 378. The molecule has 2 rings (SSSR count). The Hall–Kier alpha value is -1.33. The zero-order chi connectivity index (χ0) is 12.8. The molecule has 1 saturated heterocycles. The zero-order valence-corrected chi connectivity index (χ0v) is 11.0. The standard InChI is InChI=1S/C13H21N3O2/c1-17-12-7-11(16-9-13(12)18-2)8-15-10-3-5-14-6-4-10/h7,9-10,14-15H,3-6,8H2,1-2H3. The molecule has 1 aliphatic heterocycles. The smallest absolute Gasteiger partial charge is 0.179 e. The average molecular weight is 251 g/mol. The summed E-state index contributed by atoms with van der Waals surface area (Å²) >= 11 is 0. The van der Waals surface area contributed by atoms with Crippen molar-refractivity contribution in [3.63, 3.8) is 0 Å². The number of aromatic nitrogens is 1. The second kappa shape index (κ2) is 6.56. The topological polar surface area (TPSA) is 55.4 Å². The molecule has 0 bridgehead atoms. The summed E-state index contributed by atoms with van der Waals surface area (Å²) in [5.74, 6) is 1.40. The van der Waals surface area contributed by atoms with Crippen molar-refractivity contribution in [1.29, 1.82) is 0 Å². The van der Waals surface area contributed by atoms with E-state index in [1.54, 1.807) is 20.4 Å². The number of nitrogens with zero attached hydrogens (tertiary/aromatic N) is 1. The molecule has 5 nitrogen and oxygen atoms in total. The molecule has 0 aromatic carbocycles. The van der Waals surface area contributed by atoms with Crippen LogP contribution >= 0.6 is 0 Å². The Morgan fingerprint density at radius 3 is 2.67 bits per heavy atom. The lowest BCUT2D eigenvalue weighted by Crippen LogP contribution is -2.39. The quantitative estimate of drug-likeness (QED) is 0.815. The molecule has 2 heterocycles. The second-order valence-electron chi connectivity index (χ2n) is 4.44. The highest BCUT2D eigenvalue weighted by Gasteiger charge is 2.13. The zero-order valence-electron chi connectivity index (χ0n) is 11.0. The van der Waals surface area contributed by atoms with Crippen LogP contribution in [0.3, 0.4) is 0 Å². The van der Waals surface area contributed by atoms with Crippen LogP contribution in [0.25, 0.3) is 0 Å². The van der Waals surface area contributed by atoms with Gasteiger partial charge in [0.25, 0.3) is 0 Å². The van der Waals surface area contributed by atoms with E-state index in [0.29, 0.717) is 11.8 Å². The third kappa shape index (κ3) is 3.34. The maximum Gasteiger partial charge on any atom is 0.179 e. The van der Waals surface area contributed by atoms with Gasteiger partial charge in [-0.2, -0.15) is 0 Å². The van der Waals surface area contributed by atoms with Crippen LogP contribution in [-0.4, -0.2) is 38.3 Å². The Labute approximate surface area is 108 Å². The first-order valence-corrected chi connectivity index (χ1v) is 6.34. The van der Waals surface area contributed by atoms with E-state index in [2.05, 4.69) is 15.6 Å². The maximum atomic E-state index is 5.27. The van der Waals surface area contributed by atoms with Gasteiger partial charge in [0.2, 0.25) is 0 Å². The fourth-order valence-electron chi connectivity index (χ4n) is 2.15. The van der Waals surface area contributed by atoms with Gasteiger partial charge in [0.1, 0.15) is 0 Å². The summed E-state index contributed by atoms with van der Waals surface area (Å²) in [5, 5.41) is 6.88. The van der Waals surface area contributed by atoms with Crippen molar-refractivity contribution < 1.29 is 9.47 Å². The van der Waals surface area contributed by atoms with E-state index in [1.165, 1.54) is 12.8 Å². The summed E-state index contributed by atoms with van der Waals surface area (Å²) < 4.78 is 10.4. The van der Waals surface area contributed by atoms with Gasteiger partial charge in [-0.05, 0) is 25.9 Å². The molecule has 1 aromatic heterocycles. The molecule has 18 heavy (non-hydrogen) atoms. The fourth-order valence-corrected chi connectivity index (χ4v) is 2.15. The fraction of sp³-hybridized carbons (Fsp3) is 0.615. The van der Waals surface area contributed by atoms with Crippen LogP contribution in [0.1, 0.15) is 18.5 Å². The highest BCUT2D eigenvalue weighted by molar-refractivity contribution is 5.38. The number of methoxy groups -OCH3 is 2. The van der Waals surface area contributed by atoms with Gasteiger partial charge in [0.05, 0.1) is 26.1 Å². The third-order valence-electron chi connectivity index (χ3n) is 3.24. The van der Waals surface area contributed by atoms with Gasteiger partial charge in [0.15, 0.2) is 11.5 Å². The number of hydrogen-bond donors (Lipinski definition) is 2. The number of hydrogen-bond acceptors (Lipinski definition) is 5. The largest absolute Gasteiger partial charge is 0.493 e. The molecule has 0 atom stereocenters. The summed E-state index contributed by atoms with van der Waals surface area (Å²) in [5.41, 5.74) is 0.978. The van der Waals surface area contributed by atoms with E-state index in [0.717, 1.165) is 31.1 Å². The minimum Gasteiger partial charge on any atom is -0.493 e. The Kier molecular flexibility index (Phi) is 4.78. The van der Waals surface area contributed by atoms with E-state index in [1.807, 2.05) is 6.07 Å². The van der Waals surface area contributed by atoms with E-state index in [-0.39, 0.29) is 0 Å². The number of piperidine rings is 1. The Morgan fingerprint density at radius 1 is 1.28 bits per heavy atom. The van der Waals surface area contributed by atoms with Gasteiger partial charge in [-0.15, -0.1) is 0 Å². The molecule has 0 radical (unpaired) electrons. The molecule has 0 spiro atoms. The molecule has 0 saturated carbocycles. The van der Waals surface area contributed by atoms with Crippen molar-refractivity contribution in [3.05, 3.63) is 18.0 Å². The summed E-state index contributed by atoms with van der Waals surface area (Å²) in [6, 6.07) is 2.51. The van der Waals surface area contributed by atoms with Crippen molar-refractivity contribution in [3.8, 4) is 11.5 Å². The van der Waals surface area contributed by atoms with E-state index < -0.39 is 0 Å². The SMILES string of the molecule is COc1cnc(CNC2CCNCC2)cc1OC. The predicted octanol–water partition coefficient (Wildman–Crippen LogP) is 0.940. The molecule has 1 fully saturated rings. The lowest BCUT2D eigenvalue weighted by molar-refractivity contribution is 0.351. The monoisotopic (exact) mass is 251 g/mol. The Balaban J connectivity index is 1.92. The number of pyridine rings is 1. The first-order chi connectivity index (χ1) is 8.83. The molecule has 0 amide bonds. The van der Waals surface area contributed by atoms with Gasteiger partial charge in [-0.25, -0.2) is 0 Å². The second-order valence-corrected chi connectivity index (χ2v) is 4.44. The van der Waals surface area contributed by atoms with Crippen LogP contribution in [-0.2, 0) is 6.54 Å². The predicted molar refractivity (Wildman–Crippen MR) is 70.1 cm³/mol. The van der Waals surface area contributed by atoms with E-state index in [4.69, 9.17) is 9.47 Å². The Morgan fingerprint density at radius 2 is 2.00 bits per heavy atom. The molecule has 5 heteroatoms. The molecule has 1 aliphatic rings. The number of ether oxygens (including phenoxy) is 2. The summed E-state index contributed by atoms with van der Waals surface area (Å²) in [7, 11) is 3.26. The van der Waals surface area contributed by atoms with Gasteiger partial charge in [-0.1, -0.05) is 0 Å². The lowest BCUT2D eigenvalue weighted by atomic mass is 10.1. The molecule has 0 unspecified atom stereocenters. The van der Waals surface area contributed by atoms with Crippen molar-refractivity contribution >= 4 is 0 Å². The highest BCUT2D eigenvalue weighted by Crippen LogP contribution is 2.25. The minimum atomic E-state index is 0.584. The van der Waals surface area contributed by atoms with Crippen LogP contribution in [0.5, 0.6) is 11.5 Å². The molecular weight excluding hydrogens is 230 g/mol. The summed E-state index contributed by atoms with van der Waals surface area (Å²) in [6.45, 7) is 2.96. The van der Waals surface area contributed by atoms with Crippen LogP contribution in [0, 0.1) is 0 Å². The van der Waals surface area contributed by atoms with Crippen LogP contribution in [0.4, 0.5) is 0 Å². The first kappa shape index (κ1) is 13.1. The van der Waals surface area contributed by atoms with Gasteiger partial charge in [0, 0.05) is 18.7 Å². The molecule has 0 aliphatic carbocycles. The van der Waals surface area contributed by atoms with Gasteiger partial charge >= 0.3 is 0 Å². The van der Waals surface area contributed by atoms with E-state index in [9.17, 15) is 0 Å². The number of rotatable bonds is 5. The summed E-state index contributed by atoms with van der Waals surface area (Å²) in [4.78, 5) is 4.36. The van der Waals surface area contributed by atoms with Crippen LogP contribution in [0.2, 0.25) is 0 Å². The minimum absolute atomic E-state index is 0.584. The van der Waals surface area contributed by atoms with Crippen molar-refractivity contribution in [2.75, 3.05) is 27.3 Å². The van der Waals surface area contributed by atoms with Crippen molar-refractivity contribution in [1.82, 2.24) is 15.6 Å². The van der Waals surface area contributed by atoms with Crippen molar-refractivity contribution in [2.24, 2.45) is 0 Å². The summed E-state index contributed by atoms with van der Waals surface area (Å²) in [6.07, 6.45) is 4.05. The van der Waals surface area contributed by atoms with Crippen LogP contribution in [0.15, 0.2) is 12.3 Å². The molecule has 100 valence electrons.